The zero-order chi connectivity index (χ0) is 15.5. The molecule has 1 fully saturated rings. The van der Waals surface area contributed by atoms with Gasteiger partial charge in [0.15, 0.2) is 11.9 Å². The van der Waals surface area contributed by atoms with E-state index in [2.05, 4.69) is 5.32 Å². The molecule has 3 rings (SSSR count). The van der Waals surface area contributed by atoms with Crippen molar-refractivity contribution in [3.05, 3.63) is 23.8 Å². The molecule has 1 saturated heterocycles. The third-order valence-corrected chi connectivity index (χ3v) is 4.31. The molecule has 1 aromatic rings. The summed E-state index contributed by atoms with van der Waals surface area (Å²) in [7, 11) is 0. The number of nitrogens with zero attached hydrogens (tertiary/aromatic N) is 1. The Balaban J connectivity index is 1.86. The summed E-state index contributed by atoms with van der Waals surface area (Å²) in [6.07, 6.45) is 5.15. The Bertz CT molecular complexity index is 577. The fourth-order valence-corrected chi connectivity index (χ4v) is 3.02. The van der Waals surface area contributed by atoms with Gasteiger partial charge in [-0.2, -0.15) is 0 Å². The van der Waals surface area contributed by atoms with E-state index in [9.17, 15) is 9.59 Å². The van der Waals surface area contributed by atoms with Gasteiger partial charge in [-0.15, -0.1) is 0 Å². The van der Waals surface area contributed by atoms with Crippen LogP contribution >= 0.6 is 0 Å². The molecule has 2 aliphatic rings. The largest absolute Gasteiger partial charge is 0.478 e. The summed E-state index contributed by atoms with van der Waals surface area (Å²) in [5.74, 6) is 0.326. The van der Waals surface area contributed by atoms with E-state index in [1.165, 1.54) is 19.3 Å². The Morgan fingerprint density at radius 2 is 1.86 bits per heavy atom. The number of benzene rings is 1. The lowest BCUT2D eigenvalue weighted by Gasteiger charge is -2.28. The van der Waals surface area contributed by atoms with E-state index in [0.29, 0.717) is 17.0 Å². The quantitative estimate of drug-likeness (QED) is 0.868. The molecule has 2 amide bonds. The molecule has 5 nitrogen and oxygen atoms in total. The first-order valence-corrected chi connectivity index (χ1v) is 8.06. The number of nitrogens with one attached hydrogen (secondary N) is 1. The molecule has 0 unspecified atom stereocenters. The van der Waals surface area contributed by atoms with Crippen molar-refractivity contribution in [3.63, 3.8) is 0 Å². The first kappa shape index (κ1) is 14.9. The van der Waals surface area contributed by atoms with Crippen molar-refractivity contribution in [3.8, 4) is 5.75 Å². The number of carbonyl (C=O) groups excluding carboxylic acids is 2. The van der Waals surface area contributed by atoms with Gasteiger partial charge in [0.25, 0.3) is 11.8 Å². The van der Waals surface area contributed by atoms with Gasteiger partial charge in [-0.05, 0) is 31.9 Å². The van der Waals surface area contributed by atoms with Crippen molar-refractivity contribution in [2.45, 2.75) is 45.1 Å². The van der Waals surface area contributed by atoms with Gasteiger partial charge in [0.2, 0.25) is 0 Å². The highest BCUT2D eigenvalue weighted by Gasteiger charge is 2.29. The summed E-state index contributed by atoms with van der Waals surface area (Å²) in [4.78, 5) is 26.5. The molecule has 0 bridgehead atoms. The van der Waals surface area contributed by atoms with Crippen LogP contribution in [0.2, 0.25) is 0 Å². The Morgan fingerprint density at radius 1 is 1.18 bits per heavy atom. The van der Waals surface area contributed by atoms with Crippen molar-refractivity contribution in [2.24, 2.45) is 0 Å². The molecule has 1 atom stereocenters. The van der Waals surface area contributed by atoms with Crippen molar-refractivity contribution in [1.29, 1.82) is 0 Å². The lowest BCUT2D eigenvalue weighted by Crippen LogP contribution is -2.37. The fraction of sp³-hybridized carbons (Fsp3) is 0.529. The van der Waals surface area contributed by atoms with Crippen LogP contribution in [0.5, 0.6) is 5.75 Å². The van der Waals surface area contributed by atoms with Crippen LogP contribution in [0.1, 0.15) is 49.4 Å². The molecule has 5 heteroatoms. The third kappa shape index (κ3) is 2.93. The topological polar surface area (TPSA) is 58.6 Å². The SMILES string of the molecule is C[C@H]1Oc2c(cccc2C(=O)N2CCCCCCC2)NC1=O. The molecule has 1 aromatic carbocycles. The Hall–Kier alpha value is -2.04. The van der Waals surface area contributed by atoms with E-state index < -0.39 is 6.10 Å². The smallest absolute Gasteiger partial charge is 0.265 e. The molecule has 22 heavy (non-hydrogen) atoms. The number of rotatable bonds is 1. The van der Waals surface area contributed by atoms with Crippen LogP contribution in [0.3, 0.4) is 0 Å². The molecule has 118 valence electrons. The van der Waals surface area contributed by atoms with Gasteiger partial charge in [-0.3, -0.25) is 9.59 Å². The molecule has 0 spiro atoms. The Labute approximate surface area is 130 Å². The number of hydrogen-bond donors (Lipinski definition) is 1. The van der Waals surface area contributed by atoms with Crippen molar-refractivity contribution < 1.29 is 14.3 Å². The average Bonchev–Trinajstić information content (AvgIpc) is 2.47. The molecule has 0 aromatic heterocycles. The second kappa shape index (κ2) is 6.38. The van der Waals surface area contributed by atoms with Crippen LogP contribution in [-0.2, 0) is 4.79 Å². The number of likely N-dealkylation sites (tertiary alicyclic amines) is 1. The fourth-order valence-electron chi connectivity index (χ4n) is 3.02. The maximum absolute atomic E-state index is 12.9. The van der Waals surface area contributed by atoms with Gasteiger partial charge in [0, 0.05) is 13.1 Å². The third-order valence-electron chi connectivity index (χ3n) is 4.31. The van der Waals surface area contributed by atoms with Gasteiger partial charge in [0.05, 0.1) is 11.3 Å². The minimum Gasteiger partial charge on any atom is -0.478 e. The van der Waals surface area contributed by atoms with E-state index in [1.54, 1.807) is 25.1 Å². The maximum Gasteiger partial charge on any atom is 0.265 e. The Morgan fingerprint density at radius 3 is 2.59 bits per heavy atom. The number of amides is 2. The monoisotopic (exact) mass is 302 g/mol. The van der Waals surface area contributed by atoms with Crippen LogP contribution < -0.4 is 10.1 Å². The number of fused-ring (bicyclic) bond motifs is 1. The maximum atomic E-state index is 12.9. The van der Waals surface area contributed by atoms with Gasteiger partial charge >= 0.3 is 0 Å². The van der Waals surface area contributed by atoms with Gasteiger partial charge in [-0.1, -0.05) is 25.3 Å². The van der Waals surface area contributed by atoms with Crippen LogP contribution in [0.15, 0.2) is 18.2 Å². The Kier molecular flexibility index (Phi) is 4.32. The van der Waals surface area contributed by atoms with Crippen molar-refractivity contribution >= 4 is 17.5 Å². The van der Waals surface area contributed by atoms with Crippen LogP contribution in [0.4, 0.5) is 5.69 Å². The summed E-state index contributed by atoms with van der Waals surface area (Å²) >= 11 is 0. The van der Waals surface area contributed by atoms with Crippen molar-refractivity contribution in [2.75, 3.05) is 18.4 Å². The van der Waals surface area contributed by atoms with E-state index in [-0.39, 0.29) is 11.8 Å². The summed E-state index contributed by atoms with van der Waals surface area (Å²) in [6, 6.07) is 5.34. The predicted octanol–water partition coefficient (Wildman–Crippen LogP) is 2.81. The van der Waals surface area contributed by atoms with E-state index in [4.69, 9.17) is 4.74 Å². The second-order valence-corrected chi connectivity index (χ2v) is 5.99. The molecule has 1 N–H and O–H groups in total. The summed E-state index contributed by atoms with van der Waals surface area (Å²) in [5, 5.41) is 2.80. The summed E-state index contributed by atoms with van der Waals surface area (Å²) in [5.41, 5.74) is 1.13. The molecular weight excluding hydrogens is 280 g/mol. The lowest BCUT2D eigenvalue weighted by atomic mass is 10.1. The van der Waals surface area contributed by atoms with Crippen LogP contribution in [0, 0.1) is 0 Å². The van der Waals surface area contributed by atoms with Crippen molar-refractivity contribution in [1.82, 2.24) is 4.90 Å². The standard InChI is InChI=1S/C17H22N2O3/c1-12-16(20)18-14-9-7-8-13(15(14)22-12)17(21)19-10-5-3-2-4-6-11-19/h7-9,12H,2-6,10-11H2,1H3,(H,18,20)/t12-/m1/s1. The highest BCUT2D eigenvalue weighted by Crippen LogP contribution is 2.34. The normalized spacial score (nSPS) is 22.0. The molecule has 0 aliphatic carbocycles. The van der Waals surface area contributed by atoms with E-state index in [1.807, 2.05) is 4.90 Å². The highest BCUT2D eigenvalue weighted by molar-refractivity contribution is 6.04. The van der Waals surface area contributed by atoms with E-state index in [0.717, 1.165) is 25.9 Å². The first-order valence-electron chi connectivity index (χ1n) is 8.06. The van der Waals surface area contributed by atoms with Crippen LogP contribution in [-0.4, -0.2) is 35.9 Å². The lowest BCUT2D eigenvalue weighted by molar-refractivity contribution is -0.122. The number of para-hydroxylation sites is 1. The molecule has 2 heterocycles. The predicted molar refractivity (Wildman–Crippen MR) is 84.2 cm³/mol. The molecular formula is C17H22N2O3. The molecule has 0 radical (unpaired) electrons. The average molecular weight is 302 g/mol. The van der Waals surface area contributed by atoms with Gasteiger partial charge in [-0.25, -0.2) is 0 Å². The number of carbonyl (C=O) groups is 2. The number of hydrogen-bond acceptors (Lipinski definition) is 3. The van der Waals surface area contributed by atoms with E-state index >= 15 is 0 Å². The highest BCUT2D eigenvalue weighted by atomic mass is 16.5. The zero-order valence-corrected chi connectivity index (χ0v) is 12.9. The minimum absolute atomic E-state index is 0.00194. The van der Waals surface area contributed by atoms with Gasteiger partial charge < -0.3 is 15.0 Å². The van der Waals surface area contributed by atoms with Gasteiger partial charge in [0.1, 0.15) is 0 Å². The number of ether oxygens (including phenoxy) is 1. The number of anilines is 1. The molecule has 0 saturated carbocycles. The minimum atomic E-state index is -0.575. The zero-order valence-electron chi connectivity index (χ0n) is 12.9. The summed E-state index contributed by atoms with van der Waals surface area (Å²) < 4.78 is 5.68. The second-order valence-electron chi connectivity index (χ2n) is 5.99. The first-order chi connectivity index (χ1) is 10.7. The van der Waals surface area contributed by atoms with Crippen LogP contribution in [0.25, 0.3) is 0 Å². The summed E-state index contributed by atoms with van der Waals surface area (Å²) in [6.45, 7) is 3.28. The molecule has 2 aliphatic heterocycles.